The number of aromatic nitrogens is 1. The number of carbonyl (C=O) groups excluding carboxylic acids is 1. The fourth-order valence-corrected chi connectivity index (χ4v) is 2.22. The highest BCUT2D eigenvalue weighted by Gasteiger charge is 2.13. The number of nitrogens with zero attached hydrogens (tertiary/aromatic N) is 1. The van der Waals surface area contributed by atoms with Crippen molar-refractivity contribution in [1.29, 1.82) is 0 Å². The van der Waals surface area contributed by atoms with Crippen LogP contribution in [-0.4, -0.2) is 25.2 Å². The Morgan fingerprint density at radius 2 is 1.77 bits per heavy atom. The van der Waals surface area contributed by atoms with E-state index in [1.165, 1.54) is 6.08 Å². The molecule has 5 nitrogen and oxygen atoms in total. The molecule has 0 radical (unpaired) electrons. The van der Waals surface area contributed by atoms with Crippen molar-refractivity contribution in [2.24, 2.45) is 0 Å². The minimum absolute atomic E-state index is 0.113. The Balaban J connectivity index is 2.34. The first-order valence-electron chi connectivity index (χ1n) is 6.85. The molecule has 2 rings (SSSR count). The van der Waals surface area contributed by atoms with Gasteiger partial charge in [-0.1, -0.05) is 5.16 Å². The molecule has 0 unspecified atom stereocenters. The highest BCUT2D eigenvalue weighted by molar-refractivity contribution is 6.08. The molecule has 0 atom stereocenters. The number of carbonyl (C=O) groups is 1. The van der Waals surface area contributed by atoms with E-state index in [1.807, 2.05) is 20.8 Å². The smallest absolute Gasteiger partial charge is 0.186 e. The molecule has 1 heterocycles. The van der Waals surface area contributed by atoms with Crippen molar-refractivity contribution >= 4 is 11.9 Å². The van der Waals surface area contributed by atoms with E-state index in [2.05, 4.69) is 5.16 Å². The summed E-state index contributed by atoms with van der Waals surface area (Å²) in [6.07, 6.45) is 3.24. The molecular formula is C17H19NO4. The maximum Gasteiger partial charge on any atom is 0.186 e. The highest BCUT2D eigenvalue weighted by atomic mass is 16.5. The average Bonchev–Trinajstić information content (AvgIpc) is 2.83. The average molecular weight is 301 g/mol. The third-order valence-corrected chi connectivity index (χ3v) is 3.49. The molecule has 22 heavy (non-hydrogen) atoms. The Labute approximate surface area is 129 Å². The van der Waals surface area contributed by atoms with Crippen molar-refractivity contribution in [3.8, 4) is 11.5 Å². The second-order valence-corrected chi connectivity index (χ2v) is 4.96. The second-order valence-electron chi connectivity index (χ2n) is 4.96. The number of methoxy groups -OCH3 is 2. The van der Waals surface area contributed by atoms with Gasteiger partial charge in [0.05, 0.1) is 19.9 Å². The van der Waals surface area contributed by atoms with Gasteiger partial charge in [0.2, 0.25) is 0 Å². The summed E-state index contributed by atoms with van der Waals surface area (Å²) in [6.45, 7) is 5.51. The molecule has 0 saturated heterocycles. The summed E-state index contributed by atoms with van der Waals surface area (Å²) >= 11 is 0. The summed E-state index contributed by atoms with van der Waals surface area (Å²) in [5, 5.41) is 3.86. The third kappa shape index (κ3) is 3.03. The Kier molecular flexibility index (Phi) is 4.65. The lowest BCUT2D eigenvalue weighted by molar-refractivity contribution is 0.104. The normalized spacial score (nSPS) is 11.0. The molecule has 2 aromatic rings. The molecule has 5 heteroatoms. The predicted octanol–water partition coefficient (Wildman–Crippen LogP) is 3.51. The van der Waals surface area contributed by atoms with E-state index in [4.69, 9.17) is 14.0 Å². The van der Waals surface area contributed by atoms with Crippen molar-refractivity contribution in [3.63, 3.8) is 0 Å². The molecule has 0 aliphatic heterocycles. The standard InChI is InChI=1S/C17H19NO4/c1-10-8-16(20-4)17(21-5)9-14(10)15(19)7-6-13-11(2)18-22-12(13)3/h6-9H,1-5H3/b7-6+. The van der Waals surface area contributed by atoms with Gasteiger partial charge in [-0.05, 0) is 50.6 Å². The van der Waals surface area contributed by atoms with Gasteiger partial charge >= 0.3 is 0 Å². The summed E-state index contributed by atoms with van der Waals surface area (Å²) < 4.78 is 15.5. The first kappa shape index (κ1) is 15.8. The van der Waals surface area contributed by atoms with Crippen LogP contribution in [-0.2, 0) is 0 Å². The summed E-state index contributed by atoms with van der Waals surface area (Å²) in [4.78, 5) is 12.4. The van der Waals surface area contributed by atoms with Gasteiger partial charge in [0, 0.05) is 11.1 Å². The molecular weight excluding hydrogens is 282 g/mol. The quantitative estimate of drug-likeness (QED) is 0.624. The van der Waals surface area contributed by atoms with Crippen molar-refractivity contribution in [1.82, 2.24) is 5.16 Å². The highest BCUT2D eigenvalue weighted by Crippen LogP contribution is 2.30. The fraction of sp³-hybridized carbons (Fsp3) is 0.294. The summed E-state index contributed by atoms with van der Waals surface area (Å²) in [5.41, 5.74) is 2.98. The molecule has 1 aromatic heterocycles. The van der Waals surface area contributed by atoms with E-state index in [0.29, 0.717) is 22.8 Å². The lowest BCUT2D eigenvalue weighted by Gasteiger charge is -2.11. The zero-order valence-electron chi connectivity index (χ0n) is 13.4. The summed E-state index contributed by atoms with van der Waals surface area (Å²) in [7, 11) is 3.11. The molecule has 0 amide bonds. The molecule has 0 N–H and O–H groups in total. The monoisotopic (exact) mass is 301 g/mol. The SMILES string of the molecule is COc1cc(C)c(C(=O)/C=C/c2c(C)noc2C)cc1OC. The van der Waals surface area contributed by atoms with Gasteiger partial charge in [0.1, 0.15) is 5.76 Å². The summed E-state index contributed by atoms with van der Waals surface area (Å²) in [6, 6.07) is 3.48. The van der Waals surface area contributed by atoms with E-state index >= 15 is 0 Å². The van der Waals surface area contributed by atoms with E-state index in [-0.39, 0.29) is 5.78 Å². The minimum Gasteiger partial charge on any atom is -0.493 e. The lowest BCUT2D eigenvalue weighted by Crippen LogP contribution is -2.01. The molecule has 0 bridgehead atoms. The molecule has 116 valence electrons. The maximum absolute atomic E-state index is 12.4. The summed E-state index contributed by atoms with van der Waals surface area (Å²) in [5.74, 6) is 1.71. The van der Waals surface area contributed by atoms with Gasteiger partial charge in [-0.3, -0.25) is 4.79 Å². The molecule has 0 aliphatic rings. The second kappa shape index (κ2) is 6.47. The zero-order valence-corrected chi connectivity index (χ0v) is 13.4. The van der Waals surface area contributed by atoms with Crippen LogP contribution in [0, 0.1) is 20.8 Å². The molecule has 0 aliphatic carbocycles. The van der Waals surface area contributed by atoms with Crippen LogP contribution in [0.5, 0.6) is 11.5 Å². The zero-order chi connectivity index (χ0) is 16.3. The van der Waals surface area contributed by atoms with E-state index in [1.54, 1.807) is 32.4 Å². The number of hydrogen-bond donors (Lipinski definition) is 0. The lowest BCUT2D eigenvalue weighted by atomic mass is 10.0. The largest absolute Gasteiger partial charge is 0.493 e. The Morgan fingerprint density at radius 1 is 1.14 bits per heavy atom. The van der Waals surface area contributed by atoms with Crippen LogP contribution < -0.4 is 9.47 Å². The van der Waals surface area contributed by atoms with Crippen molar-refractivity contribution < 1.29 is 18.8 Å². The van der Waals surface area contributed by atoms with E-state index in [9.17, 15) is 4.79 Å². The Bertz CT molecular complexity index is 709. The van der Waals surface area contributed by atoms with Crippen LogP contribution in [0.15, 0.2) is 22.7 Å². The number of allylic oxidation sites excluding steroid dienone is 1. The van der Waals surface area contributed by atoms with Gasteiger partial charge in [-0.25, -0.2) is 0 Å². The van der Waals surface area contributed by atoms with Crippen molar-refractivity contribution in [3.05, 3.63) is 46.4 Å². The molecule has 0 spiro atoms. The number of hydrogen-bond acceptors (Lipinski definition) is 5. The van der Waals surface area contributed by atoms with Gasteiger partial charge in [-0.2, -0.15) is 0 Å². The van der Waals surface area contributed by atoms with Gasteiger partial charge in [0.15, 0.2) is 17.3 Å². The number of aryl methyl sites for hydroxylation is 3. The predicted molar refractivity (Wildman–Crippen MR) is 83.6 cm³/mol. The van der Waals surface area contributed by atoms with Crippen LogP contribution in [0.25, 0.3) is 6.08 Å². The van der Waals surface area contributed by atoms with Crippen LogP contribution >= 0.6 is 0 Å². The topological polar surface area (TPSA) is 61.6 Å². The molecule has 1 aromatic carbocycles. The molecule has 0 saturated carbocycles. The first-order valence-corrected chi connectivity index (χ1v) is 6.85. The van der Waals surface area contributed by atoms with Crippen LogP contribution in [0.3, 0.4) is 0 Å². The Morgan fingerprint density at radius 3 is 2.32 bits per heavy atom. The van der Waals surface area contributed by atoms with Crippen LogP contribution in [0.2, 0.25) is 0 Å². The molecule has 0 fully saturated rings. The number of rotatable bonds is 5. The van der Waals surface area contributed by atoms with Crippen molar-refractivity contribution in [2.45, 2.75) is 20.8 Å². The Hall–Kier alpha value is -2.56. The van der Waals surface area contributed by atoms with E-state index in [0.717, 1.165) is 16.8 Å². The van der Waals surface area contributed by atoms with Crippen LogP contribution in [0.1, 0.15) is 32.9 Å². The maximum atomic E-state index is 12.4. The minimum atomic E-state index is -0.113. The third-order valence-electron chi connectivity index (χ3n) is 3.49. The first-order chi connectivity index (χ1) is 10.5. The number of ether oxygens (including phenoxy) is 2. The van der Waals surface area contributed by atoms with Crippen LogP contribution in [0.4, 0.5) is 0 Å². The van der Waals surface area contributed by atoms with Gasteiger partial charge in [0.25, 0.3) is 0 Å². The van der Waals surface area contributed by atoms with Crippen molar-refractivity contribution in [2.75, 3.05) is 14.2 Å². The fourth-order valence-electron chi connectivity index (χ4n) is 2.22. The number of ketones is 1. The van der Waals surface area contributed by atoms with E-state index < -0.39 is 0 Å². The van der Waals surface area contributed by atoms with Gasteiger partial charge < -0.3 is 14.0 Å². The number of benzene rings is 1. The van der Waals surface area contributed by atoms with Gasteiger partial charge in [-0.15, -0.1) is 0 Å².